The maximum atomic E-state index is 12.6. The van der Waals surface area contributed by atoms with E-state index in [9.17, 15) is 4.79 Å². The standard InChI is InChI=1S/C20H23BrN2O2/c1-25-19-10-8-18(9-11-19)22-20(24)16-3-2-12-23(14-16)13-15-4-6-17(21)7-5-15/h4-11,16H,2-3,12-14H2,1H3,(H,22,24). The molecule has 132 valence electrons. The number of likely N-dealkylation sites (tertiary alicyclic amines) is 1. The van der Waals surface area contributed by atoms with E-state index in [4.69, 9.17) is 4.74 Å². The number of hydrogen-bond acceptors (Lipinski definition) is 3. The van der Waals surface area contributed by atoms with Gasteiger partial charge in [-0.1, -0.05) is 28.1 Å². The van der Waals surface area contributed by atoms with Crippen LogP contribution in [-0.2, 0) is 11.3 Å². The smallest absolute Gasteiger partial charge is 0.228 e. The van der Waals surface area contributed by atoms with Crippen LogP contribution in [-0.4, -0.2) is 31.0 Å². The number of methoxy groups -OCH3 is 1. The average molecular weight is 403 g/mol. The number of benzene rings is 2. The van der Waals surface area contributed by atoms with Crippen LogP contribution >= 0.6 is 15.9 Å². The predicted molar refractivity (Wildman–Crippen MR) is 104 cm³/mol. The van der Waals surface area contributed by atoms with Gasteiger partial charge in [0.1, 0.15) is 5.75 Å². The SMILES string of the molecule is COc1ccc(NC(=O)C2CCCN(Cc3ccc(Br)cc3)C2)cc1. The fraction of sp³-hybridized carbons (Fsp3) is 0.350. The number of rotatable bonds is 5. The summed E-state index contributed by atoms with van der Waals surface area (Å²) in [7, 11) is 1.63. The van der Waals surface area contributed by atoms with Gasteiger partial charge in [0.15, 0.2) is 0 Å². The van der Waals surface area contributed by atoms with Crippen molar-refractivity contribution in [3.05, 3.63) is 58.6 Å². The summed E-state index contributed by atoms with van der Waals surface area (Å²) in [6.45, 7) is 2.74. The molecule has 5 heteroatoms. The molecular weight excluding hydrogens is 380 g/mol. The Hall–Kier alpha value is -1.85. The van der Waals surface area contributed by atoms with E-state index in [-0.39, 0.29) is 11.8 Å². The summed E-state index contributed by atoms with van der Waals surface area (Å²) >= 11 is 3.47. The second-order valence-corrected chi connectivity index (χ2v) is 7.33. The van der Waals surface area contributed by atoms with Gasteiger partial charge in [0.2, 0.25) is 5.91 Å². The Balaban J connectivity index is 1.56. The van der Waals surface area contributed by atoms with Crippen molar-refractivity contribution in [2.24, 2.45) is 5.92 Å². The molecule has 1 N–H and O–H groups in total. The predicted octanol–water partition coefficient (Wildman–Crippen LogP) is 4.31. The van der Waals surface area contributed by atoms with Crippen LogP contribution in [0.15, 0.2) is 53.0 Å². The highest BCUT2D eigenvalue weighted by atomic mass is 79.9. The van der Waals surface area contributed by atoms with E-state index in [0.717, 1.165) is 48.4 Å². The number of anilines is 1. The molecule has 25 heavy (non-hydrogen) atoms. The summed E-state index contributed by atoms with van der Waals surface area (Å²) in [5, 5.41) is 3.03. The highest BCUT2D eigenvalue weighted by Gasteiger charge is 2.25. The maximum absolute atomic E-state index is 12.6. The van der Waals surface area contributed by atoms with Crippen LogP contribution in [0, 0.1) is 5.92 Å². The lowest BCUT2D eigenvalue weighted by Gasteiger charge is -2.32. The van der Waals surface area contributed by atoms with Crippen LogP contribution in [0.2, 0.25) is 0 Å². The molecule has 0 bridgehead atoms. The summed E-state index contributed by atoms with van der Waals surface area (Å²) in [5.74, 6) is 0.924. The lowest BCUT2D eigenvalue weighted by Crippen LogP contribution is -2.40. The molecule has 1 saturated heterocycles. The molecule has 0 radical (unpaired) electrons. The molecule has 1 aliphatic rings. The van der Waals surface area contributed by atoms with Gasteiger partial charge in [-0.05, 0) is 61.3 Å². The first kappa shape index (κ1) is 18.0. The van der Waals surface area contributed by atoms with Crippen molar-refractivity contribution in [1.29, 1.82) is 0 Å². The Morgan fingerprint density at radius 2 is 1.92 bits per heavy atom. The highest BCUT2D eigenvalue weighted by Crippen LogP contribution is 2.22. The van der Waals surface area contributed by atoms with Gasteiger partial charge in [-0.15, -0.1) is 0 Å². The number of carbonyl (C=O) groups is 1. The van der Waals surface area contributed by atoms with Crippen molar-refractivity contribution in [1.82, 2.24) is 4.90 Å². The van der Waals surface area contributed by atoms with Crippen molar-refractivity contribution >= 4 is 27.5 Å². The number of hydrogen-bond donors (Lipinski definition) is 1. The Labute approximate surface area is 157 Å². The van der Waals surface area contributed by atoms with Gasteiger partial charge < -0.3 is 10.1 Å². The quantitative estimate of drug-likeness (QED) is 0.809. The molecule has 0 aromatic heterocycles. The van der Waals surface area contributed by atoms with Gasteiger partial charge in [0.05, 0.1) is 13.0 Å². The number of carbonyl (C=O) groups excluding carboxylic acids is 1. The topological polar surface area (TPSA) is 41.6 Å². The van der Waals surface area contributed by atoms with E-state index < -0.39 is 0 Å². The Morgan fingerprint density at radius 1 is 1.20 bits per heavy atom. The zero-order chi connectivity index (χ0) is 17.6. The van der Waals surface area contributed by atoms with Crippen molar-refractivity contribution in [3.63, 3.8) is 0 Å². The second-order valence-electron chi connectivity index (χ2n) is 6.42. The van der Waals surface area contributed by atoms with Crippen LogP contribution in [0.3, 0.4) is 0 Å². The van der Waals surface area contributed by atoms with Crippen molar-refractivity contribution in [2.45, 2.75) is 19.4 Å². The fourth-order valence-corrected chi connectivity index (χ4v) is 3.44. The molecule has 1 unspecified atom stereocenters. The fourth-order valence-electron chi connectivity index (χ4n) is 3.18. The van der Waals surface area contributed by atoms with E-state index in [1.165, 1.54) is 5.56 Å². The molecule has 3 rings (SSSR count). The lowest BCUT2D eigenvalue weighted by atomic mass is 9.96. The number of ether oxygens (including phenoxy) is 1. The third kappa shape index (κ3) is 5.06. The third-order valence-electron chi connectivity index (χ3n) is 4.55. The minimum atomic E-state index is 0.0336. The van der Waals surface area contributed by atoms with Crippen LogP contribution in [0.25, 0.3) is 0 Å². The van der Waals surface area contributed by atoms with Gasteiger partial charge in [-0.25, -0.2) is 0 Å². The lowest BCUT2D eigenvalue weighted by molar-refractivity contribution is -0.121. The van der Waals surface area contributed by atoms with Crippen molar-refractivity contribution < 1.29 is 9.53 Å². The van der Waals surface area contributed by atoms with Crippen LogP contribution in [0.4, 0.5) is 5.69 Å². The zero-order valence-corrected chi connectivity index (χ0v) is 16.0. The monoisotopic (exact) mass is 402 g/mol. The number of nitrogens with zero attached hydrogens (tertiary/aromatic N) is 1. The maximum Gasteiger partial charge on any atom is 0.228 e. The summed E-state index contributed by atoms with van der Waals surface area (Å²) in [5.41, 5.74) is 2.09. The molecule has 0 spiro atoms. The van der Waals surface area contributed by atoms with E-state index in [1.807, 2.05) is 24.3 Å². The van der Waals surface area contributed by atoms with Crippen LogP contribution in [0.5, 0.6) is 5.75 Å². The Bertz CT molecular complexity index is 701. The number of piperidine rings is 1. The molecule has 4 nitrogen and oxygen atoms in total. The zero-order valence-electron chi connectivity index (χ0n) is 14.4. The second kappa shape index (κ2) is 8.50. The summed E-state index contributed by atoms with van der Waals surface area (Å²) < 4.78 is 6.24. The first-order valence-electron chi connectivity index (χ1n) is 8.56. The van der Waals surface area contributed by atoms with E-state index in [2.05, 4.69) is 50.4 Å². The molecule has 1 aliphatic heterocycles. The summed E-state index contributed by atoms with van der Waals surface area (Å²) in [6, 6.07) is 15.8. The molecule has 2 aromatic rings. The minimum Gasteiger partial charge on any atom is -0.497 e. The normalized spacial score (nSPS) is 17.9. The van der Waals surface area contributed by atoms with E-state index >= 15 is 0 Å². The van der Waals surface area contributed by atoms with E-state index in [1.54, 1.807) is 7.11 Å². The molecule has 1 heterocycles. The first-order valence-corrected chi connectivity index (χ1v) is 9.35. The molecular formula is C20H23BrN2O2. The Morgan fingerprint density at radius 3 is 2.60 bits per heavy atom. The molecule has 1 atom stereocenters. The molecule has 0 aliphatic carbocycles. The highest BCUT2D eigenvalue weighted by molar-refractivity contribution is 9.10. The molecule has 1 fully saturated rings. The third-order valence-corrected chi connectivity index (χ3v) is 5.08. The summed E-state index contributed by atoms with van der Waals surface area (Å²) in [6.07, 6.45) is 2.00. The number of halogens is 1. The molecule has 2 aromatic carbocycles. The van der Waals surface area contributed by atoms with Crippen LogP contribution < -0.4 is 10.1 Å². The van der Waals surface area contributed by atoms with Crippen molar-refractivity contribution in [3.8, 4) is 5.75 Å². The minimum absolute atomic E-state index is 0.0336. The summed E-state index contributed by atoms with van der Waals surface area (Å²) in [4.78, 5) is 15.0. The van der Waals surface area contributed by atoms with Gasteiger partial charge in [-0.2, -0.15) is 0 Å². The van der Waals surface area contributed by atoms with Gasteiger partial charge in [-0.3, -0.25) is 9.69 Å². The van der Waals surface area contributed by atoms with Crippen LogP contribution in [0.1, 0.15) is 18.4 Å². The number of amides is 1. The largest absolute Gasteiger partial charge is 0.497 e. The van der Waals surface area contributed by atoms with Gasteiger partial charge >= 0.3 is 0 Å². The molecule has 0 saturated carbocycles. The molecule has 1 amide bonds. The van der Waals surface area contributed by atoms with E-state index in [0.29, 0.717) is 0 Å². The Kier molecular flexibility index (Phi) is 6.10. The first-order chi connectivity index (χ1) is 12.1. The van der Waals surface area contributed by atoms with Crippen molar-refractivity contribution in [2.75, 3.05) is 25.5 Å². The average Bonchev–Trinajstić information content (AvgIpc) is 2.64. The number of nitrogens with one attached hydrogen (secondary N) is 1. The van der Waals surface area contributed by atoms with Gasteiger partial charge in [0.25, 0.3) is 0 Å². The van der Waals surface area contributed by atoms with Gasteiger partial charge in [0, 0.05) is 23.2 Å².